The number of hydrogen-bond acceptors (Lipinski definition) is 4. The number of amides is 1. The topological polar surface area (TPSA) is 72.5 Å². The van der Waals surface area contributed by atoms with Gasteiger partial charge in [0, 0.05) is 31.9 Å². The summed E-state index contributed by atoms with van der Waals surface area (Å²) in [4.78, 5) is 35.0. The third-order valence-electron chi connectivity index (χ3n) is 5.39. The molecule has 3 aromatic heterocycles. The van der Waals surface area contributed by atoms with Crippen molar-refractivity contribution in [2.45, 2.75) is 32.7 Å². The first-order valence-corrected chi connectivity index (χ1v) is 9.51. The van der Waals surface area contributed by atoms with Crippen LogP contribution in [-0.2, 0) is 6.54 Å². The molecule has 1 aliphatic rings. The zero-order valence-corrected chi connectivity index (χ0v) is 16.0. The lowest BCUT2D eigenvalue weighted by atomic mass is 9.96. The van der Waals surface area contributed by atoms with Crippen molar-refractivity contribution in [1.29, 1.82) is 0 Å². The van der Waals surface area contributed by atoms with E-state index in [1.54, 1.807) is 9.30 Å². The Hall–Kier alpha value is -3.10. The van der Waals surface area contributed by atoms with Gasteiger partial charge in [-0.3, -0.25) is 18.6 Å². The monoisotopic (exact) mass is 401 g/mol. The molecule has 0 saturated carbocycles. The van der Waals surface area contributed by atoms with Crippen LogP contribution < -0.4 is 5.56 Å². The number of hydrogen-bond donors (Lipinski definition) is 0. The molecule has 1 aliphatic heterocycles. The number of pyridine rings is 1. The second-order valence-electron chi connectivity index (χ2n) is 7.32. The molecule has 1 saturated heterocycles. The Kier molecular flexibility index (Phi) is 5.12. The average Bonchev–Trinajstić information content (AvgIpc) is 3.05. The van der Waals surface area contributed by atoms with E-state index in [1.165, 1.54) is 10.9 Å². The highest BCUT2D eigenvalue weighted by atomic mass is 19.3. The number of piperidine rings is 1. The van der Waals surface area contributed by atoms with Gasteiger partial charge in [-0.1, -0.05) is 6.07 Å². The number of nitrogens with zero attached hydrogens (tertiary/aromatic N) is 5. The predicted molar refractivity (Wildman–Crippen MR) is 102 cm³/mol. The van der Waals surface area contributed by atoms with Crippen molar-refractivity contribution in [3.05, 3.63) is 64.2 Å². The number of aryl methyl sites for hydroxylation is 1. The van der Waals surface area contributed by atoms with Gasteiger partial charge in [-0.2, -0.15) is 0 Å². The Labute approximate surface area is 165 Å². The molecule has 0 aromatic carbocycles. The maximum Gasteiger partial charge on any atom is 0.280 e. The van der Waals surface area contributed by atoms with Crippen molar-refractivity contribution < 1.29 is 13.6 Å². The quantitative estimate of drug-likeness (QED) is 0.674. The van der Waals surface area contributed by atoms with Crippen LogP contribution in [0.1, 0.15) is 41.1 Å². The fraction of sp³-hybridized carbons (Fsp3) is 0.400. The van der Waals surface area contributed by atoms with Crippen LogP contribution in [0.3, 0.4) is 0 Å². The van der Waals surface area contributed by atoms with E-state index in [4.69, 9.17) is 0 Å². The summed E-state index contributed by atoms with van der Waals surface area (Å²) in [5.74, 6) is 0.124. The average molecular weight is 401 g/mol. The molecule has 1 fully saturated rings. The molecule has 0 unspecified atom stereocenters. The summed E-state index contributed by atoms with van der Waals surface area (Å²) >= 11 is 0. The van der Waals surface area contributed by atoms with Gasteiger partial charge in [-0.25, -0.2) is 18.7 Å². The van der Waals surface area contributed by atoms with Crippen LogP contribution in [0, 0.1) is 12.8 Å². The summed E-state index contributed by atoms with van der Waals surface area (Å²) in [6, 6.07) is 6.49. The van der Waals surface area contributed by atoms with E-state index in [-0.39, 0.29) is 11.8 Å². The smallest absolute Gasteiger partial charge is 0.280 e. The predicted octanol–water partition coefficient (Wildman–Crippen LogP) is 2.69. The molecular weight excluding hydrogens is 380 g/mol. The largest absolute Gasteiger partial charge is 0.337 e. The van der Waals surface area contributed by atoms with Crippen molar-refractivity contribution in [1.82, 2.24) is 23.8 Å². The molecule has 7 nitrogen and oxygen atoms in total. The van der Waals surface area contributed by atoms with Gasteiger partial charge in [0.1, 0.15) is 17.0 Å². The molecule has 152 valence electrons. The Morgan fingerprint density at radius 1 is 1.28 bits per heavy atom. The molecule has 0 spiro atoms. The molecule has 0 N–H and O–H groups in total. The van der Waals surface area contributed by atoms with Crippen LogP contribution >= 0.6 is 0 Å². The van der Waals surface area contributed by atoms with Crippen LogP contribution in [0.4, 0.5) is 8.78 Å². The summed E-state index contributed by atoms with van der Waals surface area (Å²) in [5, 5.41) is 0. The van der Waals surface area contributed by atoms with E-state index >= 15 is 0 Å². The third-order valence-corrected chi connectivity index (χ3v) is 5.39. The summed E-state index contributed by atoms with van der Waals surface area (Å²) < 4.78 is 28.5. The Morgan fingerprint density at radius 2 is 2.03 bits per heavy atom. The van der Waals surface area contributed by atoms with Crippen molar-refractivity contribution in [3.8, 4) is 0 Å². The normalized spacial score (nSPS) is 15.4. The SMILES string of the molecule is Cc1nc2ccccn2c1C(=O)N1CCC(Cn2cnc(C(F)F)cc2=O)CC1. The summed E-state index contributed by atoms with van der Waals surface area (Å²) in [7, 11) is 0. The summed E-state index contributed by atoms with van der Waals surface area (Å²) in [6.45, 7) is 3.38. The zero-order chi connectivity index (χ0) is 20.5. The number of halogens is 2. The molecule has 4 heterocycles. The van der Waals surface area contributed by atoms with E-state index in [2.05, 4.69) is 9.97 Å². The van der Waals surface area contributed by atoms with Gasteiger partial charge < -0.3 is 4.90 Å². The number of alkyl halides is 2. The Bertz CT molecular complexity index is 1100. The van der Waals surface area contributed by atoms with Gasteiger partial charge in [-0.05, 0) is 37.8 Å². The van der Waals surface area contributed by atoms with E-state index in [1.807, 2.05) is 31.3 Å². The van der Waals surface area contributed by atoms with Gasteiger partial charge in [0.2, 0.25) is 0 Å². The Balaban J connectivity index is 1.42. The fourth-order valence-electron chi connectivity index (χ4n) is 3.81. The molecular formula is C20H21F2N5O2. The van der Waals surface area contributed by atoms with E-state index < -0.39 is 17.7 Å². The van der Waals surface area contributed by atoms with Crippen molar-refractivity contribution in [2.75, 3.05) is 13.1 Å². The number of fused-ring (bicyclic) bond motifs is 1. The lowest BCUT2D eigenvalue weighted by Gasteiger charge is -2.32. The minimum atomic E-state index is -2.75. The van der Waals surface area contributed by atoms with Crippen LogP contribution in [0.5, 0.6) is 0 Å². The fourth-order valence-corrected chi connectivity index (χ4v) is 3.81. The standard InChI is InChI=1S/C20H21F2N5O2/c1-13-18(27-7-3-2-4-16(27)24-13)20(29)25-8-5-14(6-9-25)11-26-12-23-15(19(21)22)10-17(26)28/h2-4,7,10,12,14,19H,5-6,8-9,11H2,1H3. The van der Waals surface area contributed by atoms with Crippen molar-refractivity contribution in [2.24, 2.45) is 5.92 Å². The molecule has 0 aliphatic carbocycles. The summed E-state index contributed by atoms with van der Waals surface area (Å²) in [6.07, 6.45) is 1.71. The summed E-state index contributed by atoms with van der Waals surface area (Å²) in [5.41, 5.74) is 1.02. The van der Waals surface area contributed by atoms with Gasteiger partial charge >= 0.3 is 0 Å². The van der Waals surface area contributed by atoms with E-state index in [9.17, 15) is 18.4 Å². The van der Waals surface area contributed by atoms with Crippen LogP contribution in [0.25, 0.3) is 5.65 Å². The number of likely N-dealkylation sites (tertiary alicyclic amines) is 1. The highest BCUT2D eigenvalue weighted by molar-refractivity contribution is 5.94. The lowest BCUT2D eigenvalue weighted by Crippen LogP contribution is -2.40. The third kappa shape index (κ3) is 3.76. The number of carbonyl (C=O) groups excluding carboxylic acids is 1. The van der Waals surface area contributed by atoms with Gasteiger partial charge in [-0.15, -0.1) is 0 Å². The minimum Gasteiger partial charge on any atom is -0.337 e. The lowest BCUT2D eigenvalue weighted by molar-refractivity contribution is 0.0674. The van der Waals surface area contributed by atoms with Gasteiger partial charge in [0.05, 0.1) is 12.0 Å². The van der Waals surface area contributed by atoms with E-state index in [0.29, 0.717) is 31.0 Å². The minimum absolute atomic E-state index is 0.0558. The maximum atomic E-state index is 13.0. The van der Waals surface area contributed by atoms with Crippen LogP contribution in [0.2, 0.25) is 0 Å². The Morgan fingerprint density at radius 3 is 2.72 bits per heavy atom. The number of rotatable bonds is 4. The number of carbonyl (C=O) groups is 1. The number of imidazole rings is 1. The molecule has 29 heavy (non-hydrogen) atoms. The van der Waals surface area contributed by atoms with Crippen LogP contribution in [0.15, 0.2) is 41.6 Å². The van der Waals surface area contributed by atoms with E-state index in [0.717, 1.165) is 24.6 Å². The first kappa shape index (κ1) is 19.2. The van der Waals surface area contributed by atoms with Crippen molar-refractivity contribution >= 4 is 11.6 Å². The first-order chi connectivity index (χ1) is 13.9. The van der Waals surface area contributed by atoms with Gasteiger partial charge in [0.15, 0.2) is 0 Å². The molecule has 9 heteroatoms. The molecule has 0 radical (unpaired) electrons. The van der Waals surface area contributed by atoms with Crippen molar-refractivity contribution in [3.63, 3.8) is 0 Å². The molecule has 0 bridgehead atoms. The molecule has 0 atom stereocenters. The maximum absolute atomic E-state index is 13.0. The second-order valence-corrected chi connectivity index (χ2v) is 7.32. The first-order valence-electron chi connectivity index (χ1n) is 9.51. The molecule has 4 rings (SSSR count). The molecule has 3 aromatic rings. The highest BCUT2D eigenvalue weighted by Gasteiger charge is 2.27. The highest BCUT2D eigenvalue weighted by Crippen LogP contribution is 2.22. The molecule has 1 amide bonds. The van der Waals surface area contributed by atoms with Crippen LogP contribution in [-0.4, -0.2) is 42.8 Å². The number of aromatic nitrogens is 4. The second kappa shape index (κ2) is 7.73. The van der Waals surface area contributed by atoms with Gasteiger partial charge in [0.25, 0.3) is 17.9 Å². The zero-order valence-electron chi connectivity index (χ0n) is 16.0.